The lowest BCUT2D eigenvalue weighted by Gasteiger charge is -2.38. The van der Waals surface area contributed by atoms with E-state index in [0.29, 0.717) is 22.7 Å². The summed E-state index contributed by atoms with van der Waals surface area (Å²) in [6, 6.07) is 6.34. The monoisotopic (exact) mass is 461 g/mol. The molecule has 1 saturated heterocycles. The first kappa shape index (κ1) is 22.7. The molecule has 8 nitrogen and oxygen atoms in total. The molecule has 4 aromatic rings. The number of hydrogen-bond acceptors (Lipinski definition) is 6. The molecule has 4 aromatic heterocycles. The molecule has 5 heterocycles. The lowest BCUT2D eigenvalue weighted by atomic mass is 9.96. The Morgan fingerprint density at radius 1 is 1.12 bits per heavy atom. The van der Waals surface area contributed by atoms with Crippen molar-refractivity contribution in [3.05, 3.63) is 36.3 Å². The number of H-pyrrole nitrogens is 1. The average molecular weight is 462 g/mol. The fourth-order valence-corrected chi connectivity index (χ4v) is 5.03. The van der Waals surface area contributed by atoms with E-state index < -0.39 is 0 Å². The fourth-order valence-electron chi connectivity index (χ4n) is 5.03. The van der Waals surface area contributed by atoms with E-state index in [1.807, 2.05) is 12.3 Å². The molecule has 0 bridgehead atoms. The van der Waals surface area contributed by atoms with Crippen molar-refractivity contribution in [2.45, 2.75) is 40.5 Å². The minimum Gasteiger partial charge on any atom is -0.493 e. The SMILES string of the molecule is COc1cc(-c2[nH]c3ccc(N4CCN(CC(C)(C)C)CC4)nc3c2C(C)C)cn2ncnc12. The average Bonchev–Trinajstić information content (AvgIpc) is 3.42. The molecule has 8 heteroatoms. The maximum absolute atomic E-state index is 5.60. The molecule has 1 aliphatic rings. The van der Waals surface area contributed by atoms with Crippen LogP contribution < -0.4 is 9.64 Å². The van der Waals surface area contributed by atoms with E-state index in [1.54, 1.807) is 18.0 Å². The molecule has 0 aromatic carbocycles. The molecule has 1 fully saturated rings. The molecule has 5 rings (SSSR count). The van der Waals surface area contributed by atoms with E-state index in [4.69, 9.17) is 9.72 Å². The summed E-state index contributed by atoms with van der Waals surface area (Å²) in [5.41, 5.74) is 6.40. The van der Waals surface area contributed by atoms with Crippen LogP contribution in [0.25, 0.3) is 27.9 Å². The zero-order valence-electron chi connectivity index (χ0n) is 21.1. The minimum absolute atomic E-state index is 0.299. The highest BCUT2D eigenvalue weighted by atomic mass is 16.5. The summed E-state index contributed by atoms with van der Waals surface area (Å²) in [4.78, 5) is 18.1. The van der Waals surface area contributed by atoms with Gasteiger partial charge in [0.25, 0.3) is 0 Å². The van der Waals surface area contributed by atoms with Gasteiger partial charge in [0.05, 0.1) is 23.8 Å². The summed E-state index contributed by atoms with van der Waals surface area (Å²) in [7, 11) is 1.66. The summed E-state index contributed by atoms with van der Waals surface area (Å²) in [6.07, 6.45) is 3.54. The number of fused-ring (bicyclic) bond motifs is 2. The fraction of sp³-hybridized carbons (Fsp3) is 0.500. The Hall–Kier alpha value is -3.13. The first-order chi connectivity index (χ1) is 16.2. The predicted molar refractivity (Wildman–Crippen MR) is 137 cm³/mol. The third kappa shape index (κ3) is 4.22. The van der Waals surface area contributed by atoms with Crippen LogP contribution in [0.2, 0.25) is 0 Å². The highest BCUT2D eigenvalue weighted by Gasteiger charge is 2.24. The van der Waals surface area contributed by atoms with Crippen LogP contribution in [-0.4, -0.2) is 69.3 Å². The van der Waals surface area contributed by atoms with Crippen molar-refractivity contribution in [1.29, 1.82) is 0 Å². The highest BCUT2D eigenvalue weighted by molar-refractivity contribution is 5.90. The Bertz CT molecular complexity index is 1310. The molecule has 180 valence electrons. The van der Waals surface area contributed by atoms with Crippen molar-refractivity contribution in [2.24, 2.45) is 5.41 Å². The third-order valence-corrected chi connectivity index (χ3v) is 6.49. The van der Waals surface area contributed by atoms with Gasteiger partial charge < -0.3 is 14.6 Å². The number of nitrogens with zero attached hydrogens (tertiary/aromatic N) is 6. The summed E-state index contributed by atoms with van der Waals surface area (Å²) in [6.45, 7) is 16.6. The van der Waals surface area contributed by atoms with Crippen molar-refractivity contribution >= 4 is 22.5 Å². The van der Waals surface area contributed by atoms with Gasteiger partial charge in [0.1, 0.15) is 12.1 Å². The number of piperazine rings is 1. The number of aromatic nitrogens is 5. The van der Waals surface area contributed by atoms with Crippen LogP contribution in [-0.2, 0) is 0 Å². The van der Waals surface area contributed by atoms with Crippen molar-refractivity contribution in [3.63, 3.8) is 0 Å². The molecule has 0 atom stereocenters. The predicted octanol–water partition coefficient (Wildman–Crippen LogP) is 4.57. The lowest BCUT2D eigenvalue weighted by Crippen LogP contribution is -2.48. The van der Waals surface area contributed by atoms with Crippen molar-refractivity contribution in [1.82, 2.24) is 29.5 Å². The number of nitrogens with one attached hydrogen (secondary N) is 1. The summed E-state index contributed by atoms with van der Waals surface area (Å²) < 4.78 is 7.36. The number of aromatic amines is 1. The highest BCUT2D eigenvalue weighted by Crippen LogP contribution is 2.37. The van der Waals surface area contributed by atoms with Crippen LogP contribution in [0.4, 0.5) is 5.82 Å². The molecular formula is C26H35N7O. The first-order valence-electron chi connectivity index (χ1n) is 12.1. The van der Waals surface area contributed by atoms with E-state index in [-0.39, 0.29) is 0 Å². The molecular weight excluding hydrogens is 426 g/mol. The van der Waals surface area contributed by atoms with Gasteiger partial charge in [-0.3, -0.25) is 4.90 Å². The molecule has 0 spiro atoms. The lowest BCUT2D eigenvalue weighted by molar-refractivity contribution is 0.182. The number of anilines is 1. The number of hydrogen-bond donors (Lipinski definition) is 1. The maximum Gasteiger partial charge on any atom is 0.197 e. The van der Waals surface area contributed by atoms with E-state index in [2.05, 4.69) is 71.6 Å². The van der Waals surface area contributed by atoms with Crippen molar-refractivity contribution in [2.75, 3.05) is 44.7 Å². The van der Waals surface area contributed by atoms with Crippen LogP contribution in [0.1, 0.15) is 46.1 Å². The van der Waals surface area contributed by atoms with Gasteiger partial charge in [0.15, 0.2) is 11.4 Å². The summed E-state index contributed by atoms with van der Waals surface area (Å²) in [5.74, 6) is 2.05. The quantitative estimate of drug-likeness (QED) is 0.469. The van der Waals surface area contributed by atoms with Gasteiger partial charge >= 0.3 is 0 Å². The molecule has 0 aliphatic carbocycles. The Balaban J connectivity index is 1.50. The van der Waals surface area contributed by atoms with Gasteiger partial charge in [-0.1, -0.05) is 34.6 Å². The Kier molecular flexibility index (Phi) is 5.72. The normalized spacial score (nSPS) is 15.7. The third-order valence-electron chi connectivity index (χ3n) is 6.49. The second-order valence-electron chi connectivity index (χ2n) is 10.8. The molecule has 0 radical (unpaired) electrons. The second-order valence-corrected chi connectivity index (χ2v) is 10.8. The zero-order valence-corrected chi connectivity index (χ0v) is 21.1. The molecule has 1 aliphatic heterocycles. The molecule has 1 N–H and O–H groups in total. The molecule has 34 heavy (non-hydrogen) atoms. The summed E-state index contributed by atoms with van der Waals surface area (Å²) >= 11 is 0. The van der Waals surface area contributed by atoms with E-state index in [0.717, 1.165) is 60.8 Å². The smallest absolute Gasteiger partial charge is 0.197 e. The van der Waals surface area contributed by atoms with Gasteiger partial charge in [-0.15, -0.1) is 0 Å². The van der Waals surface area contributed by atoms with Crippen LogP contribution in [0.5, 0.6) is 5.75 Å². The van der Waals surface area contributed by atoms with Gasteiger partial charge in [0, 0.05) is 50.0 Å². The van der Waals surface area contributed by atoms with Crippen molar-refractivity contribution < 1.29 is 4.74 Å². The van der Waals surface area contributed by atoms with Crippen LogP contribution in [0.3, 0.4) is 0 Å². The molecule has 0 amide bonds. The molecule has 0 saturated carbocycles. The van der Waals surface area contributed by atoms with E-state index in [1.165, 1.54) is 5.56 Å². The van der Waals surface area contributed by atoms with E-state index in [9.17, 15) is 0 Å². The second kappa shape index (κ2) is 8.58. The van der Waals surface area contributed by atoms with Crippen LogP contribution >= 0.6 is 0 Å². The standard InChI is InChI=1S/C26H35N7O/c1-17(2)22-23(18-13-20(34-6)25-27-16-28-33(25)14-18)29-19-7-8-21(30-24(19)22)32-11-9-31(10-12-32)15-26(3,4)5/h7-8,13-14,16-17,29H,9-12,15H2,1-6H3. The number of pyridine rings is 2. The number of methoxy groups -OCH3 is 1. The van der Waals surface area contributed by atoms with Crippen LogP contribution in [0.15, 0.2) is 30.7 Å². The van der Waals surface area contributed by atoms with Crippen LogP contribution in [0, 0.1) is 5.41 Å². The Morgan fingerprint density at radius 3 is 2.56 bits per heavy atom. The van der Waals surface area contributed by atoms with Gasteiger partial charge in [-0.2, -0.15) is 5.10 Å². The largest absolute Gasteiger partial charge is 0.493 e. The maximum atomic E-state index is 5.60. The Labute approximate surface area is 200 Å². The van der Waals surface area contributed by atoms with Gasteiger partial charge in [0.2, 0.25) is 0 Å². The van der Waals surface area contributed by atoms with Gasteiger partial charge in [-0.25, -0.2) is 14.5 Å². The van der Waals surface area contributed by atoms with E-state index >= 15 is 0 Å². The number of rotatable bonds is 5. The minimum atomic E-state index is 0.299. The summed E-state index contributed by atoms with van der Waals surface area (Å²) in [5, 5.41) is 4.33. The first-order valence-corrected chi connectivity index (χ1v) is 12.1. The van der Waals surface area contributed by atoms with Crippen molar-refractivity contribution in [3.8, 4) is 17.0 Å². The zero-order chi connectivity index (χ0) is 24.0. The van der Waals surface area contributed by atoms with Gasteiger partial charge in [-0.05, 0) is 29.5 Å². The Morgan fingerprint density at radius 2 is 1.88 bits per heavy atom. The molecule has 0 unspecified atom stereocenters. The topological polar surface area (TPSA) is 74.6 Å². The number of ether oxygens (including phenoxy) is 1.